The van der Waals surface area contributed by atoms with E-state index in [0.29, 0.717) is 6.54 Å². The van der Waals surface area contributed by atoms with E-state index in [9.17, 15) is 18.3 Å². The monoisotopic (exact) mass is 292 g/mol. The molecule has 1 amide bonds. The van der Waals surface area contributed by atoms with Crippen LogP contribution in [0.1, 0.15) is 32.1 Å². The number of nitrogens with two attached hydrogens (primary N) is 1. The summed E-state index contributed by atoms with van der Waals surface area (Å²) in [4.78, 5) is 12.5. The first-order valence-electron chi connectivity index (χ1n) is 6.69. The summed E-state index contributed by atoms with van der Waals surface area (Å²) in [5.74, 6) is -0.789. The average Bonchev–Trinajstić information content (AvgIpc) is 2.34. The van der Waals surface area contributed by atoms with E-state index in [4.69, 9.17) is 5.73 Å². The molecule has 7 heteroatoms. The fourth-order valence-electron chi connectivity index (χ4n) is 2.41. The molecule has 0 aliphatic heterocycles. The van der Waals surface area contributed by atoms with Crippen molar-refractivity contribution in [3.63, 3.8) is 0 Å². The minimum atomic E-state index is -3.25. The third-order valence-corrected chi connectivity index (χ3v) is 5.31. The van der Waals surface area contributed by atoms with Crippen LogP contribution in [0.5, 0.6) is 0 Å². The fraction of sp³-hybridized carbons (Fsp3) is 0.917. The van der Waals surface area contributed by atoms with Crippen molar-refractivity contribution < 1.29 is 18.3 Å². The normalized spacial score (nSPS) is 24.6. The first kappa shape index (κ1) is 16.4. The van der Waals surface area contributed by atoms with Crippen LogP contribution in [-0.2, 0) is 14.6 Å². The molecule has 1 aliphatic carbocycles. The smallest absolute Gasteiger partial charge is 0.218 e. The Hall–Kier alpha value is -0.660. The Morgan fingerprint density at radius 3 is 2.53 bits per heavy atom. The molecule has 2 unspecified atom stereocenters. The molecule has 6 nitrogen and oxygen atoms in total. The maximum absolute atomic E-state index is 11.7. The third kappa shape index (κ3) is 5.88. The highest BCUT2D eigenvalue weighted by Crippen LogP contribution is 2.22. The standard InChI is InChI=1S/C12H24N2O4S/c1-14(10-4-2-3-5-11(10)15)7-9-19(17,18)8-6-12(13)16/h10-11,15H,2-9H2,1H3,(H2,13,16). The predicted molar refractivity (Wildman–Crippen MR) is 73.4 cm³/mol. The first-order chi connectivity index (χ1) is 8.82. The second-order valence-electron chi connectivity index (χ2n) is 5.27. The quantitative estimate of drug-likeness (QED) is 0.659. The molecule has 0 saturated heterocycles. The number of hydrogen-bond donors (Lipinski definition) is 2. The zero-order valence-corrected chi connectivity index (χ0v) is 12.2. The van der Waals surface area contributed by atoms with Crippen LogP contribution in [0.4, 0.5) is 0 Å². The van der Waals surface area contributed by atoms with Crippen molar-refractivity contribution in [1.82, 2.24) is 4.90 Å². The van der Waals surface area contributed by atoms with Gasteiger partial charge < -0.3 is 10.8 Å². The minimum Gasteiger partial charge on any atom is -0.391 e. The number of nitrogens with zero attached hydrogens (tertiary/aromatic N) is 1. The van der Waals surface area contributed by atoms with E-state index in [1.54, 1.807) is 0 Å². The van der Waals surface area contributed by atoms with Crippen molar-refractivity contribution in [3.05, 3.63) is 0 Å². The Morgan fingerprint density at radius 1 is 1.32 bits per heavy atom. The van der Waals surface area contributed by atoms with Gasteiger partial charge in [-0.2, -0.15) is 0 Å². The highest BCUT2D eigenvalue weighted by atomic mass is 32.2. The highest BCUT2D eigenvalue weighted by Gasteiger charge is 2.27. The molecule has 0 aromatic carbocycles. The number of carbonyl (C=O) groups is 1. The number of likely N-dealkylation sites (N-methyl/N-ethyl adjacent to an activating group) is 1. The van der Waals surface area contributed by atoms with Crippen LogP contribution in [0.2, 0.25) is 0 Å². The van der Waals surface area contributed by atoms with Gasteiger partial charge in [-0.1, -0.05) is 12.8 Å². The van der Waals surface area contributed by atoms with Gasteiger partial charge in [0.25, 0.3) is 0 Å². The van der Waals surface area contributed by atoms with Crippen LogP contribution in [-0.4, -0.2) is 61.6 Å². The summed E-state index contributed by atoms with van der Waals surface area (Å²) in [5, 5.41) is 9.89. The van der Waals surface area contributed by atoms with Crippen LogP contribution >= 0.6 is 0 Å². The summed E-state index contributed by atoms with van der Waals surface area (Å²) in [5.41, 5.74) is 4.94. The Labute approximate surface area is 114 Å². The summed E-state index contributed by atoms with van der Waals surface area (Å²) in [6.45, 7) is 0.378. The number of primary amides is 1. The van der Waals surface area contributed by atoms with Crippen molar-refractivity contribution in [1.29, 1.82) is 0 Å². The van der Waals surface area contributed by atoms with Crippen LogP contribution in [0.15, 0.2) is 0 Å². The van der Waals surface area contributed by atoms with Gasteiger partial charge in [-0.15, -0.1) is 0 Å². The van der Waals surface area contributed by atoms with E-state index in [-0.39, 0.29) is 30.1 Å². The number of amides is 1. The van der Waals surface area contributed by atoms with Crippen LogP contribution in [0.25, 0.3) is 0 Å². The molecular weight excluding hydrogens is 268 g/mol. The summed E-state index contributed by atoms with van der Waals surface area (Å²) < 4.78 is 23.4. The SMILES string of the molecule is CN(CCS(=O)(=O)CCC(N)=O)C1CCCCC1O. The molecule has 0 radical (unpaired) electrons. The average molecular weight is 292 g/mol. The third-order valence-electron chi connectivity index (χ3n) is 3.67. The molecule has 3 N–H and O–H groups in total. The lowest BCUT2D eigenvalue weighted by molar-refractivity contribution is -0.117. The lowest BCUT2D eigenvalue weighted by Gasteiger charge is -2.35. The van der Waals surface area contributed by atoms with Gasteiger partial charge in [-0.05, 0) is 19.9 Å². The van der Waals surface area contributed by atoms with Crippen molar-refractivity contribution in [2.45, 2.75) is 44.2 Å². The van der Waals surface area contributed by atoms with Crippen LogP contribution < -0.4 is 5.73 Å². The molecule has 0 heterocycles. The summed E-state index contributed by atoms with van der Waals surface area (Å²) >= 11 is 0. The molecule has 0 spiro atoms. The topological polar surface area (TPSA) is 101 Å². The van der Waals surface area contributed by atoms with Gasteiger partial charge in [0, 0.05) is 19.0 Å². The van der Waals surface area contributed by atoms with E-state index in [0.717, 1.165) is 25.7 Å². The van der Waals surface area contributed by atoms with Gasteiger partial charge in [-0.25, -0.2) is 8.42 Å². The molecule has 0 aromatic rings. The Balaban J connectivity index is 2.40. The Morgan fingerprint density at radius 2 is 1.95 bits per heavy atom. The molecule has 112 valence electrons. The number of aliphatic hydroxyl groups excluding tert-OH is 1. The van der Waals surface area contributed by atoms with E-state index in [1.807, 2.05) is 11.9 Å². The van der Waals surface area contributed by atoms with Gasteiger partial charge in [0.2, 0.25) is 5.91 Å². The van der Waals surface area contributed by atoms with Gasteiger partial charge >= 0.3 is 0 Å². The fourth-order valence-corrected chi connectivity index (χ4v) is 3.70. The number of rotatable bonds is 7. The van der Waals surface area contributed by atoms with E-state index >= 15 is 0 Å². The first-order valence-corrected chi connectivity index (χ1v) is 8.51. The summed E-state index contributed by atoms with van der Waals surface area (Å²) in [6, 6.07) is 0.0418. The lowest BCUT2D eigenvalue weighted by Crippen LogP contribution is -2.45. The summed E-state index contributed by atoms with van der Waals surface area (Å²) in [6.07, 6.45) is 3.29. The maximum atomic E-state index is 11.7. The molecule has 2 atom stereocenters. The van der Waals surface area contributed by atoms with Gasteiger partial charge in [0.1, 0.15) is 0 Å². The van der Waals surface area contributed by atoms with Gasteiger partial charge in [-0.3, -0.25) is 9.69 Å². The van der Waals surface area contributed by atoms with E-state index in [2.05, 4.69) is 0 Å². The van der Waals surface area contributed by atoms with Crippen molar-refractivity contribution in [2.75, 3.05) is 25.1 Å². The zero-order chi connectivity index (χ0) is 14.5. The number of carbonyl (C=O) groups excluding carboxylic acids is 1. The molecule has 19 heavy (non-hydrogen) atoms. The predicted octanol–water partition coefficient (Wildman–Crippen LogP) is -0.488. The Bertz CT molecular complexity index is 397. The van der Waals surface area contributed by atoms with Gasteiger partial charge in [0.15, 0.2) is 9.84 Å². The van der Waals surface area contributed by atoms with Crippen molar-refractivity contribution in [2.24, 2.45) is 5.73 Å². The number of aliphatic hydroxyl groups is 1. The van der Waals surface area contributed by atoms with Gasteiger partial charge in [0.05, 0.1) is 17.6 Å². The second kappa shape index (κ2) is 7.21. The largest absolute Gasteiger partial charge is 0.391 e. The highest BCUT2D eigenvalue weighted by molar-refractivity contribution is 7.91. The molecule has 1 rings (SSSR count). The molecule has 0 bridgehead atoms. The zero-order valence-electron chi connectivity index (χ0n) is 11.4. The minimum absolute atomic E-state index is 0. The van der Waals surface area contributed by atoms with Crippen molar-refractivity contribution in [3.8, 4) is 0 Å². The Kier molecular flexibility index (Phi) is 6.22. The molecular formula is C12H24N2O4S. The van der Waals surface area contributed by atoms with Crippen LogP contribution in [0, 0.1) is 0 Å². The van der Waals surface area contributed by atoms with E-state index < -0.39 is 15.7 Å². The number of hydrogen-bond acceptors (Lipinski definition) is 5. The van der Waals surface area contributed by atoms with Crippen molar-refractivity contribution >= 4 is 15.7 Å². The lowest BCUT2D eigenvalue weighted by atomic mass is 9.92. The molecule has 0 aromatic heterocycles. The molecule has 1 fully saturated rings. The molecule has 1 saturated carbocycles. The second-order valence-corrected chi connectivity index (χ2v) is 7.57. The van der Waals surface area contributed by atoms with E-state index in [1.165, 1.54) is 0 Å². The van der Waals surface area contributed by atoms with Crippen LogP contribution in [0.3, 0.4) is 0 Å². The maximum Gasteiger partial charge on any atom is 0.218 e. The molecule has 1 aliphatic rings. The summed E-state index contributed by atoms with van der Waals surface area (Å²) in [7, 11) is -1.42. The number of sulfone groups is 1.